The molecule has 0 saturated carbocycles. The summed E-state index contributed by atoms with van der Waals surface area (Å²) in [4.78, 5) is 0. The third-order valence-electron chi connectivity index (χ3n) is 3.17. The average molecular weight is 295 g/mol. The number of hydrogen-bond acceptors (Lipinski definition) is 2. The van der Waals surface area contributed by atoms with Gasteiger partial charge in [-0.25, -0.2) is 0 Å². The molecule has 2 rings (SSSR count). The van der Waals surface area contributed by atoms with Crippen molar-refractivity contribution in [2.24, 2.45) is 5.84 Å². The zero-order valence-electron chi connectivity index (χ0n) is 10.7. The van der Waals surface area contributed by atoms with Crippen LogP contribution in [-0.2, 0) is 6.42 Å². The first kappa shape index (κ1) is 14.4. The summed E-state index contributed by atoms with van der Waals surface area (Å²) in [6, 6.07) is 13.7. The van der Waals surface area contributed by atoms with Crippen LogP contribution in [-0.4, -0.2) is 0 Å². The van der Waals surface area contributed by atoms with Crippen molar-refractivity contribution in [3.05, 3.63) is 69.2 Å². The fourth-order valence-electron chi connectivity index (χ4n) is 2.11. The zero-order chi connectivity index (χ0) is 13.8. The number of hydrazine groups is 1. The summed E-state index contributed by atoms with van der Waals surface area (Å²) in [5.74, 6) is 5.67. The number of aryl methyl sites for hydroxylation is 1. The van der Waals surface area contributed by atoms with Crippen LogP contribution >= 0.6 is 23.2 Å². The molecular weight excluding hydrogens is 279 g/mol. The molecule has 2 nitrogen and oxygen atoms in total. The highest BCUT2D eigenvalue weighted by Gasteiger charge is 2.13. The number of nitrogens with one attached hydrogen (secondary N) is 1. The van der Waals surface area contributed by atoms with Crippen molar-refractivity contribution in [1.82, 2.24) is 5.43 Å². The molecule has 3 N–H and O–H groups in total. The monoisotopic (exact) mass is 294 g/mol. The highest BCUT2D eigenvalue weighted by atomic mass is 35.5. The SMILES string of the molecule is Cc1ccccc1CC(NN)c1cc(Cl)cc(Cl)c1. The number of benzene rings is 2. The number of nitrogens with two attached hydrogens (primary N) is 1. The fraction of sp³-hybridized carbons (Fsp3) is 0.200. The van der Waals surface area contributed by atoms with Gasteiger partial charge in [-0.2, -0.15) is 0 Å². The van der Waals surface area contributed by atoms with Crippen LogP contribution in [0.25, 0.3) is 0 Å². The Morgan fingerprint density at radius 2 is 1.74 bits per heavy atom. The number of halogens is 2. The maximum atomic E-state index is 6.03. The Balaban J connectivity index is 2.28. The molecule has 0 aliphatic rings. The van der Waals surface area contributed by atoms with Crippen LogP contribution in [0.15, 0.2) is 42.5 Å². The van der Waals surface area contributed by atoms with E-state index in [4.69, 9.17) is 29.0 Å². The van der Waals surface area contributed by atoms with E-state index < -0.39 is 0 Å². The molecule has 4 heteroatoms. The fourth-order valence-corrected chi connectivity index (χ4v) is 2.65. The standard InChI is InChI=1S/C15H16Cl2N2/c1-10-4-2-3-5-11(10)8-15(19-18)12-6-13(16)9-14(17)7-12/h2-7,9,15,19H,8,18H2,1H3. The van der Waals surface area contributed by atoms with E-state index >= 15 is 0 Å². The van der Waals surface area contributed by atoms with E-state index in [-0.39, 0.29) is 6.04 Å². The van der Waals surface area contributed by atoms with Gasteiger partial charge in [0, 0.05) is 10.0 Å². The molecule has 0 bridgehead atoms. The summed E-state index contributed by atoms with van der Waals surface area (Å²) in [6.07, 6.45) is 0.792. The van der Waals surface area contributed by atoms with Crippen molar-refractivity contribution in [1.29, 1.82) is 0 Å². The third-order valence-corrected chi connectivity index (χ3v) is 3.61. The molecule has 2 aromatic rings. The van der Waals surface area contributed by atoms with Crippen LogP contribution in [0, 0.1) is 6.92 Å². The lowest BCUT2D eigenvalue weighted by Crippen LogP contribution is -2.29. The Morgan fingerprint density at radius 3 is 2.32 bits per heavy atom. The molecule has 0 amide bonds. The minimum Gasteiger partial charge on any atom is -0.271 e. The molecule has 0 spiro atoms. The van der Waals surface area contributed by atoms with Crippen molar-refractivity contribution in [3.8, 4) is 0 Å². The van der Waals surface area contributed by atoms with Crippen molar-refractivity contribution < 1.29 is 0 Å². The Bertz CT molecular complexity index is 550. The van der Waals surface area contributed by atoms with Crippen LogP contribution in [0.3, 0.4) is 0 Å². The molecular formula is C15H16Cl2N2. The molecule has 0 saturated heterocycles. The molecule has 1 unspecified atom stereocenters. The lowest BCUT2D eigenvalue weighted by atomic mass is 9.96. The van der Waals surface area contributed by atoms with Gasteiger partial charge < -0.3 is 0 Å². The smallest absolute Gasteiger partial charge is 0.0501 e. The van der Waals surface area contributed by atoms with Gasteiger partial charge in [-0.05, 0) is 48.2 Å². The summed E-state index contributed by atoms with van der Waals surface area (Å²) >= 11 is 12.1. The molecule has 0 radical (unpaired) electrons. The summed E-state index contributed by atoms with van der Waals surface area (Å²) in [5.41, 5.74) is 6.32. The van der Waals surface area contributed by atoms with E-state index in [1.54, 1.807) is 6.07 Å². The van der Waals surface area contributed by atoms with E-state index in [1.165, 1.54) is 11.1 Å². The van der Waals surface area contributed by atoms with Crippen LogP contribution in [0.4, 0.5) is 0 Å². The molecule has 0 heterocycles. The molecule has 2 aromatic carbocycles. The van der Waals surface area contributed by atoms with Crippen molar-refractivity contribution >= 4 is 23.2 Å². The van der Waals surface area contributed by atoms with E-state index in [0.29, 0.717) is 10.0 Å². The van der Waals surface area contributed by atoms with E-state index in [0.717, 1.165) is 12.0 Å². The molecule has 0 aliphatic carbocycles. The van der Waals surface area contributed by atoms with Gasteiger partial charge in [0.2, 0.25) is 0 Å². The minimum atomic E-state index is -0.0164. The van der Waals surface area contributed by atoms with Gasteiger partial charge in [0.15, 0.2) is 0 Å². The quantitative estimate of drug-likeness (QED) is 0.659. The average Bonchev–Trinajstić information content (AvgIpc) is 2.36. The van der Waals surface area contributed by atoms with Gasteiger partial charge >= 0.3 is 0 Å². The van der Waals surface area contributed by atoms with Gasteiger partial charge in [-0.15, -0.1) is 0 Å². The number of rotatable bonds is 4. The van der Waals surface area contributed by atoms with E-state index in [1.807, 2.05) is 24.3 Å². The van der Waals surface area contributed by atoms with Crippen molar-refractivity contribution in [2.75, 3.05) is 0 Å². The highest BCUT2D eigenvalue weighted by Crippen LogP contribution is 2.26. The summed E-state index contributed by atoms with van der Waals surface area (Å²) < 4.78 is 0. The Kier molecular flexibility index (Phi) is 4.83. The molecule has 1 atom stereocenters. The second kappa shape index (κ2) is 6.40. The van der Waals surface area contributed by atoms with Crippen LogP contribution in [0.2, 0.25) is 10.0 Å². The van der Waals surface area contributed by atoms with Gasteiger partial charge in [0.1, 0.15) is 0 Å². The van der Waals surface area contributed by atoms with Crippen molar-refractivity contribution in [3.63, 3.8) is 0 Å². The second-order valence-electron chi connectivity index (χ2n) is 4.55. The van der Waals surface area contributed by atoms with Crippen LogP contribution < -0.4 is 11.3 Å². The predicted molar refractivity (Wildman–Crippen MR) is 81.4 cm³/mol. The van der Waals surface area contributed by atoms with E-state index in [2.05, 4.69) is 24.5 Å². The maximum Gasteiger partial charge on any atom is 0.0501 e. The topological polar surface area (TPSA) is 38.0 Å². The lowest BCUT2D eigenvalue weighted by Gasteiger charge is -2.18. The summed E-state index contributed by atoms with van der Waals surface area (Å²) in [5, 5.41) is 1.24. The minimum absolute atomic E-state index is 0.0164. The molecule has 0 aromatic heterocycles. The van der Waals surface area contributed by atoms with Crippen molar-refractivity contribution in [2.45, 2.75) is 19.4 Å². The van der Waals surface area contributed by atoms with Gasteiger partial charge in [0.05, 0.1) is 6.04 Å². The zero-order valence-corrected chi connectivity index (χ0v) is 12.2. The van der Waals surface area contributed by atoms with Crippen LogP contribution in [0.1, 0.15) is 22.7 Å². The largest absolute Gasteiger partial charge is 0.271 e. The van der Waals surface area contributed by atoms with Gasteiger partial charge in [-0.3, -0.25) is 11.3 Å². The maximum absolute atomic E-state index is 6.03. The summed E-state index contributed by atoms with van der Waals surface area (Å²) in [7, 11) is 0. The second-order valence-corrected chi connectivity index (χ2v) is 5.43. The first-order valence-corrected chi connectivity index (χ1v) is 6.82. The molecule has 100 valence electrons. The first-order chi connectivity index (χ1) is 9.10. The first-order valence-electron chi connectivity index (χ1n) is 6.07. The number of hydrogen-bond donors (Lipinski definition) is 2. The Hall–Kier alpha value is -1.06. The summed E-state index contributed by atoms with van der Waals surface area (Å²) in [6.45, 7) is 2.09. The van der Waals surface area contributed by atoms with Gasteiger partial charge in [0.25, 0.3) is 0 Å². The van der Waals surface area contributed by atoms with Crippen LogP contribution in [0.5, 0.6) is 0 Å². The Morgan fingerprint density at radius 1 is 1.11 bits per heavy atom. The van der Waals surface area contributed by atoms with Gasteiger partial charge in [-0.1, -0.05) is 47.5 Å². The predicted octanol–water partition coefficient (Wildman–Crippen LogP) is 4.05. The molecule has 0 aliphatic heterocycles. The molecule has 0 fully saturated rings. The lowest BCUT2D eigenvalue weighted by molar-refractivity contribution is 0.551. The Labute approximate surface area is 123 Å². The van der Waals surface area contributed by atoms with E-state index in [9.17, 15) is 0 Å². The highest BCUT2D eigenvalue weighted by molar-refractivity contribution is 6.34. The normalized spacial score (nSPS) is 12.4. The third kappa shape index (κ3) is 3.71. The molecule has 19 heavy (non-hydrogen) atoms.